The van der Waals surface area contributed by atoms with Gasteiger partial charge < -0.3 is 9.80 Å². The fraction of sp³-hybridized carbons (Fsp3) is 0.545. The van der Waals surface area contributed by atoms with Crippen LogP contribution in [0, 0.1) is 0 Å². The SMILES string of the molecule is CC(=O)N1CCCN(c2nc(Cl)c(C=O)s2)CC1. The van der Waals surface area contributed by atoms with E-state index in [1.807, 2.05) is 4.90 Å². The first-order valence-electron chi connectivity index (χ1n) is 5.74. The van der Waals surface area contributed by atoms with E-state index in [-0.39, 0.29) is 11.1 Å². The number of nitrogens with zero attached hydrogens (tertiary/aromatic N) is 3. The van der Waals surface area contributed by atoms with Crippen molar-refractivity contribution in [1.82, 2.24) is 9.88 Å². The average molecular weight is 288 g/mol. The van der Waals surface area contributed by atoms with Gasteiger partial charge >= 0.3 is 0 Å². The maximum Gasteiger partial charge on any atom is 0.219 e. The Bertz CT molecular complexity index is 463. The van der Waals surface area contributed by atoms with Crippen molar-refractivity contribution in [3.05, 3.63) is 10.0 Å². The number of rotatable bonds is 2. The smallest absolute Gasteiger partial charge is 0.219 e. The highest BCUT2D eigenvalue weighted by molar-refractivity contribution is 7.17. The minimum absolute atomic E-state index is 0.0996. The number of anilines is 1. The van der Waals surface area contributed by atoms with Crippen molar-refractivity contribution in [2.24, 2.45) is 0 Å². The molecule has 5 nitrogen and oxygen atoms in total. The van der Waals surface area contributed by atoms with Gasteiger partial charge in [0, 0.05) is 33.1 Å². The highest BCUT2D eigenvalue weighted by Gasteiger charge is 2.20. The lowest BCUT2D eigenvalue weighted by Gasteiger charge is -2.20. The van der Waals surface area contributed by atoms with E-state index in [4.69, 9.17) is 11.6 Å². The molecule has 98 valence electrons. The number of hydrogen-bond acceptors (Lipinski definition) is 5. The van der Waals surface area contributed by atoms with E-state index in [9.17, 15) is 9.59 Å². The van der Waals surface area contributed by atoms with Gasteiger partial charge in [-0.3, -0.25) is 9.59 Å². The zero-order valence-electron chi connectivity index (χ0n) is 10.1. The molecule has 1 amide bonds. The lowest BCUT2D eigenvalue weighted by Crippen LogP contribution is -2.33. The van der Waals surface area contributed by atoms with Crippen LogP contribution in [0.3, 0.4) is 0 Å². The van der Waals surface area contributed by atoms with Crippen molar-refractivity contribution >= 4 is 40.3 Å². The first-order chi connectivity index (χ1) is 8.61. The molecule has 0 atom stereocenters. The van der Waals surface area contributed by atoms with E-state index in [0.29, 0.717) is 11.4 Å². The normalized spacial score (nSPS) is 16.6. The molecule has 0 saturated carbocycles. The maximum absolute atomic E-state index is 11.3. The van der Waals surface area contributed by atoms with Gasteiger partial charge in [0.2, 0.25) is 5.91 Å². The Morgan fingerprint density at radius 1 is 1.39 bits per heavy atom. The second-order valence-corrected chi connectivity index (χ2v) is 5.48. The van der Waals surface area contributed by atoms with Crippen LogP contribution in [0.5, 0.6) is 0 Å². The molecular formula is C11H14ClN3O2S. The molecule has 0 aromatic carbocycles. The molecule has 1 aromatic rings. The van der Waals surface area contributed by atoms with Crippen LogP contribution in [0.2, 0.25) is 5.15 Å². The summed E-state index contributed by atoms with van der Waals surface area (Å²) in [5.41, 5.74) is 0. The number of thiazole rings is 1. The van der Waals surface area contributed by atoms with E-state index in [0.717, 1.165) is 37.5 Å². The van der Waals surface area contributed by atoms with Crippen molar-refractivity contribution in [2.45, 2.75) is 13.3 Å². The molecule has 0 aliphatic carbocycles. The Morgan fingerprint density at radius 3 is 2.78 bits per heavy atom. The molecule has 0 bridgehead atoms. The molecule has 0 N–H and O–H groups in total. The molecule has 1 aliphatic heterocycles. The average Bonchev–Trinajstić information content (AvgIpc) is 2.58. The predicted octanol–water partition coefficient (Wildman–Crippen LogP) is 1.67. The van der Waals surface area contributed by atoms with Gasteiger partial charge in [-0.1, -0.05) is 22.9 Å². The van der Waals surface area contributed by atoms with Crippen molar-refractivity contribution in [3.8, 4) is 0 Å². The second kappa shape index (κ2) is 5.67. The van der Waals surface area contributed by atoms with Crippen LogP contribution in [0.4, 0.5) is 5.13 Å². The van der Waals surface area contributed by atoms with Crippen molar-refractivity contribution in [2.75, 3.05) is 31.1 Å². The van der Waals surface area contributed by atoms with Crippen LogP contribution in [0.15, 0.2) is 0 Å². The number of amides is 1. The molecule has 1 fully saturated rings. The van der Waals surface area contributed by atoms with Crippen molar-refractivity contribution in [1.29, 1.82) is 0 Å². The van der Waals surface area contributed by atoms with Crippen LogP contribution >= 0.6 is 22.9 Å². The second-order valence-electron chi connectivity index (χ2n) is 4.12. The summed E-state index contributed by atoms with van der Waals surface area (Å²) >= 11 is 7.16. The molecular weight excluding hydrogens is 274 g/mol. The number of aromatic nitrogens is 1. The lowest BCUT2D eigenvalue weighted by molar-refractivity contribution is -0.128. The fourth-order valence-corrected chi connectivity index (χ4v) is 3.05. The molecule has 0 unspecified atom stereocenters. The van der Waals surface area contributed by atoms with Gasteiger partial charge in [-0.05, 0) is 6.42 Å². The third kappa shape index (κ3) is 2.81. The summed E-state index contributed by atoms with van der Waals surface area (Å²) in [6.07, 6.45) is 1.62. The quantitative estimate of drug-likeness (QED) is 0.777. The number of aldehydes is 1. The van der Waals surface area contributed by atoms with Gasteiger partial charge in [0.15, 0.2) is 16.6 Å². The van der Waals surface area contributed by atoms with E-state index < -0.39 is 0 Å². The molecule has 2 rings (SSSR count). The Labute approximate surface area is 114 Å². The summed E-state index contributed by atoms with van der Waals surface area (Å²) in [6.45, 7) is 4.59. The Morgan fingerprint density at radius 2 is 2.17 bits per heavy atom. The van der Waals surface area contributed by atoms with Crippen LogP contribution < -0.4 is 4.90 Å². The minimum Gasteiger partial charge on any atom is -0.346 e. The predicted molar refractivity (Wildman–Crippen MR) is 71.6 cm³/mol. The largest absolute Gasteiger partial charge is 0.346 e. The van der Waals surface area contributed by atoms with Gasteiger partial charge in [0.1, 0.15) is 4.88 Å². The summed E-state index contributed by atoms with van der Waals surface area (Å²) in [5.74, 6) is 0.0996. The summed E-state index contributed by atoms with van der Waals surface area (Å²) < 4.78 is 0. The van der Waals surface area contributed by atoms with Crippen LogP contribution in [-0.4, -0.2) is 48.3 Å². The molecule has 1 aliphatic rings. The van der Waals surface area contributed by atoms with Gasteiger partial charge in [-0.25, -0.2) is 4.98 Å². The first-order valence-corrected chi connectivity index (χ1v) is 6.93. The van der Waals surface area contributed by atoms with Crippen molar-refractivity contribution < 1.29 is 9.59 Å². The Kier molecular flexibility index (Phi) is 4.19. The summed E-state index contributed by atoms with van der Waals surface area (Å²) in [6, 6.07) is 0. The maximum atomic E-state index is 11.3. The van der Waals surface area contributed by atoms with Gasteiger partial charge in [0.25, 0.3) is 0 Å². The molecule has 1 aromatic heterocycles. The van der Waals surface area contributed by atoms with E-state index >= 15 is 0 Å². The van der Waals surface area contributed by atoms with Crippen LogP contribution in [-0.2, 0) is 4.79 Å². The van der Waals surface area contributed by atoms with E-state index in [1.54, 1.807) is 6.92 Å². The monoisotopic (exact) mass is 287 g/mol. The van der Waals surface area contributed by atoms with Gasteiger partial charge in [-0.15, -0.1) is 0 Å². The third-order valence-corrected chi connectivity index (χ3v) is 4.36. The highest BCUT2D eigenvalue weighted by Crippen LogP contribution is 2.28. The lowest BCUT2D eigenvalue weighted by atomic mass is 10.4. The highest BCUT2D eigenvalue weighted by atomic mass is 35.5. The topological polar surface area (TPSA) is 53.5 Å². The van der Waals surface area contributed by atoms with E-state index in [2.05, 4.69) is 9.88 Å². The number of hydrogen-bond donors (Lipinski definition) is 0. The van der Waals surface area contributed by atoms with Crippen LogP contribution in [0.25, 0.3) is 0 Å². The van der Waals surface area contributed by atoms with Gasteiger partial charge in [0.05, 0.1) is 0 Å². The minimum atomic E-state index is 0.0996. The molecule has 0 spiro atoms. The first kappa shape index (κ1) is 13.3. The summed E-state index contributed by atoms with van der Waals surface area (Å²) in [7, 11) is 0. The number of carbonyl (C=O) groups excluding carboxylic acids is 2. The summed E-state index contributed by atoms with van der Waals surface area (Å²) in [5, 5.41) is 1.02. The standard InChI is InChI=1S/C11H14ClN3O2S/c1-8(17)14-3-2-4-15(6-5-14)11-13-10(12)9(7-16)18-11/h7H,2-6H2,1H3. The molecule has 7 heteroatoms. The van der Waals surface area contributed by atoms with Gasteiger partial charge in [-0.2, -0.15) is 0 Å². The van der Waals surface area contributed by atoms with Crippen molar-refractivity contribution in [3.63, 3.8) is 0 Å². The zero-order valence-corrected chi connectivity index (χ0v) is 11.6. The summed E-state index contributed by atoms with van der Waals surface area (Å²) in [4.78, 5) is 30.6. The number of halogens is 1. The third-order valence-electron chi connectivity index (χ3n) is 2.92. The number of carbonyl (C=O) groups is 2. The molecule has 1 saturated heterocycles. The molecule has 0 radical (unpaired) electrons. The fourth-order valence-electron chi connectivity index (χ4n) is 1.93. The zero-order chi connectivity index (χ0) is 13.1. The molecule has 2 heterocycles. The Balaban J connectivity index is 2.09. The Hall–Kier alpha value is -1.14. The molecule has 18 heavy (non-hydrogen) atoms. The van der Waals surface area contributed by atoms with Crippen LogP contribution in [0.1, 0.15) is 23.0 Å². The van der Waals surface area contributed by atoms with E-state index in [1.165, 1.54) is 11.3 Å².